The highest BCUT2D eigenvalue weighted by Crippen LogP contribution is 2.39. The maximum absolute atomic E-state index is 13.1. The van der Waals surface area contributed by atoms with E-state index in [0.717, 1.165) is 26.7 Å². The zero-order chi connectivity index (χ0) is 24.0. The largest absolute Gasteiger partial charge is 0.390 e. The lowest BCUT2D eigenvalue weighted by Crippen LogP contribution is -2.29. The van der Waals surface area contributed by atoms with Crippen molar-refractivity contribution >= 4 is 56.5 Å². The van der Waals surface area contributed by atoms with Gasteiger partial charge < -0.3 is 19.6 Å². The van der Waals surface area contributed by atoms with Crippen LogP contribution < -0.4 is 5.32 Å². The van der Waals surface area contributed by atoms with Crippen molar-refractivity contribution in [3.63, 3.8) is 0 Å². The fraction of sp³-hybridized carbons (Fsp3) is 0.231. The first kappa shape index (κ1) is 22.5. The number of aromatic amines is 1. The average Bonchev–Trinajstić information content (AvgIpc) is 3.45. The van der Waals surface area contributed by atoms with Gasteiger partial charge in [0.05, 0.1) is 17.3 Å². The van der Waals surface area contributed by atoms with Gasteiger partial charge in [-0.15, -0.1) is 11.8 Å². The van der Waals surface area contributed by atoms with Gasteiger partial charge >= 0.3 is 0 Å². The summed E-state index contributed by atoms with van der Waals surface area (Å²) in [4.78, 5) is 32.3. The lowest BCUT2D eigenvalue weighted by atomic mass is 9.95. The zero-order valence-corrected chi connectivity index (χ0v) is 20.1. The number of benzene rings is 2. The van der Waals surface area contributed by atoms with Crippen LogP contribution >= 0.6 is 11.8 Å². The molecule has 174 valence electrons. The summed E-state index contributed by atoms with van der Waals surface area (Å²) in [6, 6.07) is 13.8. The molecule has 5 rings (SSSR count). The molecular formula is C26H26N4O3S. The highest BCUT2D eigenvalue weighted by atomic mass is 32.2. The Kier molecular flexibility index (Phi) is 5.81. The SMILES string of the molecule is CSc1ccc2c(C3=C(c4c[nH]c5ccccc45)C(=O)NC3=O)cn(CC(O)CN(C)C)c2c1. The second kappa shape index (κ2) is 8.79. The Morgan fingerprint density at radius 2 is 1.76 bits per heavy atom. The van der Waals surface area contributed by atoms with Crippen LogP contribution in [0.2, 0.25) is 0 Å². The third kappa shape index (κ3) is 3.83. The van der Waals surface area contributed by atoms with Crippen molar-refractivity contribution in [1.29, 1.82) is 0 Å². The molecule has 0 bridgehead atoms. The van der Waals surface area contributed by atoms with Gasteiger partial charge in [0.25, 0.3) is 11.8 Å². The van der Waals surface area contributed by atoms with Crippen molar-refractivity contribution in [3.05, 3.63) is 66.0 Å². The number of likely N-dealkylation sites (N-methyl/N-ethyl adjacent to an activating group) is 1. The molecule has 1 aliphatic rings. The van der Waals surface area contributed by atoms with Crippen LogP contribution in [-0.4, -0.2) is 64.4 Å². The quantitative estimate of drug-likeness (QED) is 0.282. The van der Waals surface area contributed by atoms with Crippen molar-refractivity contribution in [3.8, 4) is 0 Å². The molecule has 0 fully saturated rings. The van der Waals surface area contributed by atoms with E-state index in [2.05, 4.69) is 16.4 Å². The van der Waals surface area contributed by atoms with Gasteiger partial charge in [0.15, 0.2) is 0 Å². The number of aromatic nitrogens is 2. The Bertz CT molecular complexity index is 1460. The Balaban J connectivity index is 1.73. The monoisotopic (exact) mass is 474 g/mol. The molecule has 2 aromatic heterocycles. The summed E-state index contributed by atoms with van der Waals surface area (Å²) in [5.41, 5.74) is 3.92. The van der Waals surface area contributed by atoms with E-state index in [-0.39, 0.29) is 0 Å². The minimum atomic E-state index is -0.586. The van der Waals surface area contributed by atoms with Crippen LogP contribution in [0.1, 0.15) is 11.1 Å². The Morgan fingerprint density at radius 3 is 2.50 bits per heavy atom. The molecule has 0 spiro atoms. The highest BCUT2D eigenvalue weighted by molar-refractivity contribution is 7.98. The smallest absolute Gasteiger partial charge is 0.259 e. The summed E-state index contributed by atoms with van der Waals surface area (Å²) in [6.45, 7) is 0.886. The predicted octanol–water partition coefficient (Wildman–Crippen LogP) is 3.33. The van der Waals surface area contributed by atoms with Crippen molar-refractivity contribution in [2.45, 2.75) is 17.5 Å². The number of fused-ring (bicyclic) bond motifs is 2. The molecule has 0 saturated heterocycles. The number of imide groups is 1. The van der Waals surface area contributed by atoms with E-state index in [1.54, 1.807) is 18.0 Å². The van der Waals surface area contributed by atoms with E-state index >= 15 is 0 Å². The molecular weight excluding hydrogens is 448 g/mol. The number of nitrogens with one attached hydrogen (secondary N) is 2. The van der Waals surface area contributed by atoms with E-state index in [9.17, 15) is 14.7 Å². The van der Waals surface area contributed by atoms with E-state index in [1.807, 2.05) is 72.4 Å². The Morgan fingerprint density at radius 1 is 1.03 bits per heavy atom. The summed E-state index contributed by atoms with van der Waals surface area (Å²) in [5.74, 6) is -0.814. The molecule has 7 nitrogen and oxygen atoms in total. The number of amides is 2. The van der Waals surface area contributed by atoms with Crippen LogP contribution in [0.25, 0.3) is 33.0 Å². The molecule has 8 heteroatoms. The van der Waals surface area contributed by atoms with Crippen LogP contribution in [0, 0.1) is 0 Å². The minimum absolute atomic E-state index is 0.359. The summed E-state index contributed by atoms with van der Waals surface area (Å²) < 4.78 is 1.98. The summed E-state index contributed by atoms with van der Waals surface area (Å²) in [5, 5.41) is 14.9. The van der Waals surface area contributed by atoms with Crippen LogP contribution in [0.3, 0.4) is 0 Å². The normalized spacial score (nSPS) is 15.2. The predicted molar refractivity (Wildman–Crippen MR) is 137 cm³/mol. The number of carbonyl (C=O) groups excluding carboxylic acids is 2. The lowest BCUT2D eigenvalue weighted by Gasteiger charge is -2.17. The second-order valence-corrected chi connectivity index (χ2v) is 9.66. The third-order valence-corrected chi connectivity index (χ3v) is 6.86. The van der Waals surface area contributed by atoms with E-state index in [1.165, 1.54) is 0 Å². The molecule has 34 heavy (non-hydrogen) atoms. The number of carbonyl (C=O) groups is 2. The number of nitrogens with zero attached hydrogens (tertiary/aromatic N) is 2. The number of hydrogen-bond donors (Lipinski definition) is 3. The zero-order valence-electron chi connectivity index (χ0n) is 19.3. The fourth-order valence-electron chi connectivity index (χ4n) is 4.70. The summed E-state index contributed by atoms with van der Waals surface area (Å²) >= 11 is 1.63. The number of hydrogen-bond acceptors (Lipinski definition) is 5. The maximum atomic E-state index is 13.1. The third-order valence-electron chi connectivity index (χ3n) is 6.13. The minimum Gasteiger partial charge on any atom is -0.390 e. The second-order valence-electron chi connectivity index (χ2n) is 8.78. The van der Waals surface area contributed by atoms with Gasteiger partial charge in [-0.1, -0.05) is 24.3 Å². The molecule has 0 radical (unpaired) electrons. The molecule has 1 aliphatic heterocycles. The first-order valence-electron chi connectivity index (χ1n) is 11.0. The van der Waals surface area contributed by atoms with Crippen LogP contribution in [0.15, 0.2) is 59.8 Å². The molecule has 1 atom stereocenters. The number of H-pyrrole nitrogens is 1. The van der Waals surface area contributed by atoms with Gasteiger partial charge in [-0.2, -0.15) is 0 Å². The lowest BCUT2D eigenvalue weighted by molar-refractivity contribution is -0.122. The number of rotatable bonds is 7. The molecule has 0 saturated carbocycles. The van der Waals surface area contributed by atoms with Gasteiger partial charge in [-0.05, 0) is 38.6 Å². The molecule has 3 heterocycles. The molecule has 1 unspecified atom stereocenters. The molecule has 2 aromatic carbocycles. The van der Waals surface area contributed by atoms with Gasteiger partial charge in [0.2, 0.25) is 0 Å². The first-order valence-corrected chi connectivity index (χ1v) is 12.3. The topological polar surface area (TPSA) is 90.4 Å². The van der Waals surface area contributed by atoms with Crippen LogP contribution in [0.5, 0.6) is 0 Å². The van der Waals surface area contributed by atoms with Crippen molar-refractivity contribution in [1.82, 2.24) is 19.8 Å². The Hall–Kier alpha value is -3.33. The van der Waals surface area contributed by atoms with E-state index in [4.69, 9.17) is 0 Å². The number of thioether (sulfide) groups is 1. The number of aliphatic hydroxyl groups excluding tert-OH is 1. The maximum Gasteiger partial charge on any atom is 0.259 e. The van der Waals surface area contributed by atoms with Gasteiger partial charge in [-0.3, -0.25) is 14.9 Å². The first-order chi connectivity index (χ1) is 16.4. The Labute approximate surface area is 201 Å². The van der Waals surface area contributed by atoms with Crippen molar-refractivity contribution in [2.75, 3.05) is 26.9 Å². The average molecular weight is 475 g/mol. The molecule has 0 aliphatic carbocycles. The van der Waals surface area contributed by atoms with Crippen molar-refractivity contribution < 1.29 is 14.7 Å². The molecule has 3 N–H and O–H groups in total. The van der Waals surface area contributed by atoms with Crippen LogP contribution in [0.4, 0.5) is 0 Å². The van der Waals surface area contributed by atoms with Gasteiger partial charge in [0, 0.05) is 63.3 Å². The fourth-order valence-corrected chi connectivity index (χ4v) is 5.14. The summed E-state index contributed by atoms with van der Waals surface area (Å²) in [6.07, 6.45) is 5.09. The molecule has 4 aromatic rings. The summed E-state index contributed by atoms with van der Waals surface area (Å²) in [7, 11) is 3.84. The van der Waals surface area contributed by atoms with Crippen LogP contribution in [-0.2, 0) is 16.1 Å². The highest BCUT2D eigenvalue weighted by Gasteiger charge is 2.35. The molecule has 2 amide bonds. The van der Waals surface area contributed by atoms with E-state index in [0.29, 0.717) is 35.4 Å². The van der Waals surface area contributed by atoms with Gasteiger partial charge in [0.1, 0.15) is 0 Å². The standard InChI is InChI=1S/C26H26N4O3S/c1-29(2)12-15(31)13-30-14-20(18-9-8-16(34-3)10-22(18)30)24-23(25(32)28-26(24)33)19-11-27-21-7-5-4-6-17(19)21/h4-11,14-15,27,31H,12-13H2,1-3H3,(H,28,32,33). The van der Waals surface area contributed by atoms with Gasteiger partial charge in [-0.25, -0.2) is 0 Å². The number of aliphatic hydroxyl groups is 1. The van der Waals surface area contributed by atoms with E-state index < -0.39 is 17.9 Å². The number of para-hydroxylation sites is 1. The van der Waals surface area contributed by atoms with Crippen molar-refractivity contribution in [2.24, 2.45) is 0 Å².